The Morgan fingerprint density at radius 3 is 2.72 bits per heavy atom. The van der Waals surface area contributed by atoms with E-state index in [9.17, 15) is 18.8 Å². The second kappa shape index (κ2) is 8.76. The first kappa shape index (κ1) is 21.0. The van der Waals surface area contributed by atoms with Crippen LogP contribution in [0.4, 0.5) is 4.39 Å². The zero-order chi connectivity index (χ0) is 21.1. The van der Waals surface area contributed by atoms with E-state index >= 15 is 0 Å². The van der Waals surface area contributed by atoms with Crippen LogP contribution in [0.25, 0.3) is 10.9 Å². The molecule has 2 amide bonds. The molecule has 0 aliphatic carbocycles. The Balaban J connectivity index is 1.82. The first-order valence-corrected chi connectivity index (χ1v) is 10.1. The van der Waals surface area contributed by atoms with Crippen LogP contribution in [0.2, 0.25) is 0 Å². The molecule has 1 saturated heterocycles. The van der Waals surface area contributed by atoms with Crippen LogP contribution in [0.15, 0.2) is 24.4 Å². The molecule has 2 unspecified atom stereocenters. The number of benzene rings is 1. The zero-order valence-corrected chi connectivity index (χ0v) is 17.2. The number of fused-ring (bicyclic) bond motifs is 1. The van der Waals surface area contributed by atoms with E-state index in [4.69, 9.17) is 0 Å². The van der Waals surface area contributed by atoms with Crippen LogP contribution in [0.5, 0.6) is 0 Å². The number of ketones is 1. The third kappa shape index (κ3) is 4.49. The largest absolute Gasteiger partial charge is 0.354 e. The lowest BCUT2D eigenvalue weighted by Gasteiger charge is -2.24. The molecule has 1 N–H and O–H groups in total. The summed E-state index contributed by atoms with van der Waals surface area (Å²) in [4.78, 5) is 38.8. The van der Waals surface area contributed by atoms with Gasteiger partial charge in [-0.1, -0.05) is 25.0 Å². The number of hydrogen-bond donors (Lipinski definition) is 1. The zero-order valence-electron chi connectivity index (χ0n) is 17.2. The van der Waals surface area contributed by atoms with Crippen LogP contribution in [-0.2, 0) is 16.1 Å². The van der Waals surface area contributed by atoms with E-state index in [2.05, 4.69) is 5.32 Å². The first-order valence-electron chi connectivity index (χ1n) is 10.1. The highest BCUT2D eigenvalue weighted by molar-refractivity contribution is 6.07. The molecule has 2 atom stereocenters. The van der Waals surface area contributed by atoms with E-state index in [-0.39, 0.29) is 37.1 Å². The van der Waals surface area contributed by atoms with Gasteiger partial charge in [-0.3, -0.25) is 14.4 Å². The topological polar surface area (TPSA) is 71.4 Å². The summed E-state index contributed by atoms with van der Waals surface area (Å²) >= 11 is 0. The van der Waals surface area contributed by atoms with Gasteiger partial charge < -0.3 is 14.8 Å². The molecular weight excluding hydrogens is 373 g/mol. The normalized spacial score (nSPS) is 19.0. The van der Waals surface area contributed by atoms with Gasteiger partial charge in [0.25, 0.3) is 0 Å². The summed E-state index contributed by atoms with van der Waals surface area (Å²) in [6.07, 6.45) is 2.27. The molecular formula is C22H28FN3O3. The molecule has 0 bridgehead atoms. The lowest BCUT2D eigenvalue weighted by atomic mass is 10.1. The molecule has 6 nitrogen and oxygen atoms in total. The molecule has 0 spiro atoms. The maximum Gasteiger partial charge on any atom is 0.243 e. The van der Waals surface area contributed by atoms with Crippen molar-refractivity contribution in [2.45, 2.75) is 58.8 Å². The quantitative estimate of drug-likeness (QED) is 0.573. The van der Waals surface area contributed by atoms with Crippen molar-refractivity contribution >= 4 is 28.5 Å². The summed E-state index contributed by atoms with van der Waals surface area (Å²) in [5.41, 5.74) is 2.34. The Bertz CT molecular complexity index is 937. The highest BCUT2D eigenvalue weighted by atomic mass is 19.1. The molecule has 0 saturated carbocycles. The van der Waals surface area contributed by atoms with Gasteiger partial charge in [-0.25, -0.2) is 4.39 Å². The van der Waals surface area contributed by atoms with Crippen molar-refractivity contribution in [3.63, 3.8) is 0 Å². The molecule has 1 aliphatic heterocycles. The van der Waals surface area contributed by atoms with Gasteiger partial charge in [0.05, 0.1) is 6.54 Å². The summed E-state index contributed by atoms with van der Waals surface area (Å²) < 4.78 is 15.8. The summed E-state index contributed by atoms with van der Waals surface area (Å²) in [6.45, 7) is 5.86. The van der Waals surface area contributed by atoms with E-state index < -0.39 is 12.2 Å². The minimum Gasteiger partial charge on any atom is -0.354 e. The number of rotatable bonds is 7. The smallest absolute Gasteiger partial charge is 0.243 e. The molecule has 1 fully saturated rings. The molecule has 1 aromatic carbocycles. The van der Waals surface area contributed by atoms with Gasteiger partial charge in [0.1, 0.15) is 18.8 Å². The van der Waals surface area contributed by atoms with Crippen LogP contribution in [0.1, 0.15) is 49.0 Å². The van der Waals surface area contributed by atoms with Crippen molar-refractivity contribution in [3.05, 3.63) is 35.5 Å². The van der Waals surface area contributed by atoms with Crippen molar-refractivity contribution in [3.8, 4) is 0 Å². The number of nitrogens with one attached hydrogen (secondary N) is 1. The Hall–Kier alpha value is -2.70. The number of aryl methyl sites for hydroxylation is 1. The lowest BCUT2D eigenvalue weighted by molar-refractivity contribution is -0.138. The highest BCUT2D eigenvalue weighted by Crippen LogP contribution is 2.25. The van der Waals surface area contributed by atoms with E-state index in [0.717, 1.165) is 29.3 Å². The maximum absolute atomic E-state index is 14.1. The number of nitrogens with zero attached hydrogens (tertiary/aromatic N) is 2. The predicted octanol–water partition coefficient (Wildman–Crippen LogP) is 3.01. The van der Waals surface area contributed by atoms with Crippen molar-refractivity contribution in [1.29, 1.82) is 0 Å². The molecule has 2 aromatic rings. The SMILES string of the molecule is CCCCNC(=O)C1CC(F)CN1C(=O)Cn1cc(C(C)=O)c2cc(C)ccc21. The van der Waals surface area contributed by atoms with Crippen molar-refractivity contribution < 1.29 is 18.8 Å². The molecule has 29 heavy (non-hydrogen) atoms. The van der Waals surface area contributed by atoms with E-state index in [0.29, 0.717) is 12.1 Å². The van der Waals surface area contributed by atoms with Crippen LogP contribution < -0.4 is 5.32 Å². The number of amides is 2. The standard InChI is InChI=1S/C22H28FN3O3/c1-4-5-8-24-22(29)20-10-16(23)11-26(20)21(28)13-25-12-18(15(3)27)17-9-14(2)6-7-19(17)25/h6-7,9,12,16,20H,4-5,8,10-11,13H2,1-3H3,(H,24,29). The van der Waals surface area contributed by atoms with Crippen molar-refractivity contribution in [2.24, 2.45) is 0 Å². The maximum atomic E-state index is 14.1. The third-order valence-electron chi connectivity index (χ3n) is 5.42. The van der Waals surface area contributed by atoms with Crippen LogP contribution in [0.3, 0.4) is 0 Å². The second-order valence-corrected chi connectivity index (χ2v) is 7.79. The van der Waals surface area contributed by atoms with Crippen LogP contribution >= 0.6 is 0 Å². The average Bonchev–Trinajstić information content (AvgIpc) is 3.22. The van der Waals surface area contributed by atoms with Gasteiger partial charge >= 0.3 is 0 Å². The average molecular weight is 401 g/mol. The minimum absolute atomic E-state index is 0.0218. The van der Waals surface area contributed by atoms with E-state index in [1.165, 1.54) is 11.8 Å². The van der Waals surface area contributed by atoms with Gasteiger partial charge in [0.2, 0.25) is 11.8 Å². The minimum atomic E-state index is -1.21. The molecule has 2 heterocycles. The molecule has 1 aliphatic rings. The number of aromatic nitrogens is 1. The van der Waals surface area contributed by atoms with Gasteiger partial charge in [-0.05, 0) is 32.4 Å². The molecule has 0 radical (unpaired) electrons. The highest BCUT2D eigenvalue weighted by Gasteiger charge is 2.39. The fourth-order valence-electron chi connectivity index (χ4n) is 3.87. The summed E-state index contributed by atoms with van der Waals surface area (Å²) in [6, 6.07) is 4.93. The molecule has 3 rings (SSSR count). The Kier molecular flexibility index (Phi) is 6.35. The number of hydrogen-bond acceptors (Lipinski definition) is 3. The number of alkyl halides is 1. The molecule has 156 valence electrons. The number of likely N-dealkylation sites (tertiary alicyclic amines) is 1. The first-order chi connectivity index (χ1) is 13.8. The summed E-state index contributed by atoms with van der Waals surface area (Å²) in [5.74, 6) is -0.706. The number of Topliss-reactive ketones (excluding diaryl/α,β-unsaturated/α-hetero) is 1. The second-order valence-electron chi connectivity index (χ2n) is 7.79. The Labute approximate surface area is 170 Å². The van der Waals surface area contributed by atoms with Crippen LogP contribution in [0, 0.1) is 6.92 Å². The van der Waals surface area contributed by atoms with Gasteiger partial charge in [0, 0.05) is 35.6 Å². The molecule has 1 aromatic heterocycles. The van der Waals surface area contributed by atoms with Gasteiger partial charge in [-0.2, -0.15) is 0 Å². The van der Waals surface area contributed by atoms with E-state index in [1.54, 1.807) is 10.8 Å². The van der Waals surface area contributed by atoms with E-state index in [1.807, 2.05) is 32.0 Å². The fraction of sp³-hybridized carbons (Fsp3) is 0.500. The van der Waals surface area contributed by atoms with Gasteiger partial charge in [-0.15, -0.1) is 0 Å². The monoisotopic (exact) mass is 401 g/mol. The van der Waals surface area contributed by atoms with Gasteiger partial charge in [0.15, 0.2) is 5.78 Å². The number of carbonyl (C=O) groups excluding carboxylic acids is 3. The third-order valence-corrected chi connectivity index (χ3v) is 5.42. The molecule has 7 heteroatoms. The lowest BCUT2D eigenvalue weighted by Crippen LogP contribution is -2.47. The number of unbranched alkanes of at least 4 members (excludes halogenated alkanes) is 1. The fourth-order valence-corrected chi connectivity index (χ4v) is 3.87. The van der Waals surface area contributed by atoms with Crippen molar-refractivity contribution in [1.82, 2.24) is 14.8 Å². The Morgan fingerprint density at radius 1 is 1.28 bits per heavy atom. The Morgan fingerprint density at radius 2 is 2.03 bits per heavy atom. The summed E-state index contributed by atoms with van der Waals surface area (Å²) in [7, 11) is 0. The number of carbonyl (C=O) groups is 3. The van der Waals surface area contributed by atoms with Crippen LogP contribution in [-0.4, -0.2) is 52.4 Å². The van der Waals surface area contributed by atoms with Crippen molar-refractivity contribution in [2.75, 3.05) is 13.1 Å². The number of halogens is 1. The summed E-state index contributed by atoms with van der Waals surface area (Å²) in [5, 5.41) is 3.59. The predicted molar refractivity (Wildman–Crippen MR) is 110 cm³/mol.